The summed E-state index contributed by atoms with van der Waals surface area (Å²) in [5.41, 5.74) is 1.49. The Morgan fingerprint density at radius 2 is 2.00 bits per heavy atom. The molecule has 0 radical (unpaired) electrons. The first-order chi connectivity index (χ1) is 12.9. The minimum absolute atomic E-state index is 0. The molecule has 1 aromatic rings. The Balaban J connectivity index is 0.00000392. The molecule has 158 valence electrons. The zero-order chi connectivity index (χ0) is 19.7. The summed E-state index contributed by atoms with van der Waals surface area (Å²) < 4.78 is 43.8. The van der Waals surface area contributed by atoms with Crippen molar-refractivity contribution >= 4 is 29.9 Å². The van der Waals surface area contributed by atoms with Crippen molar-refractivity contribution in [1.29, 1.82) is 0 Å². The SMILES string of the molecule is CN=C(NCCC1=CCOCC1)NCCC(C)c1cccc(C(F)(F)F)c1.I. The third-order valence-electron chi connectivity index (χ3n) is 4.67. The van der Waals surface area contributed by atoms with Crippen molar-refractivity contribution in [1.82, 2.24) is 10.6 Å². The van der Waals surface area contributed by atoms with E-state index < -0.39 is 11.7 Å². The second-order valence-corrected chi connectivity index (χ2v) is 6.68. The minimum Gasteiger partial charge on any atom is -0.377 e. The van der Waals surface area contributed by atoms with Crippen LogP contribution in [0.5, 0.6) is 0 Å². The zero-order valence-corrected chi connectivity index (χ0v) is 18.6. The highest BCUT2D eigenvalue weighted by molar-refractivity contribution is 14.0. The van der Waals surface area contributed by atoms with Gasteiger partial charge in [0.2, 0.25) is 0 Å². The number of guanidine groups is 1. The van der Waals surface area contributed by atoms with E-state index in [4.69, 9.17) is 4.74 Å². The fourth-order valence-corrected chi connectivity index (χ4v) is 2.95. The first-order valence-corrected chi connectivity index (χ1v) is 9.27. The lowest BCUT2D eigenvalue weighted by Crippen LogP contribution is -2.38. The van der Waals surface area contributed by atoms with Crippen LogP contribution in [0.3, 0.4) is 0 Å². The monoisotopic (exact) mass is 511 g/mol. The molecular formula is C20H29F3IN3O. The summed E-state index contributed by atoms with van der Waals surface area (Å²) >= 11 is 0. The smallest absolute Gasteiger partial charge is 0.377 e. The van der Waals surface area contributed by atoms with E-state index in [1.165, 1.54) is 17.7 Å². The highest BCUT2D eigenvalue weighted by Gasteiger charge is 2.30. The van der Waals surface area contributed by atoms with Crippen LogP contribution in [-0.2, 0) is 10.9 Å². The van der Waals surface area contributed by atoms with Gasteiger partial charge in [-0.2, -0.15) is 13.2 Å². The fraction of sp³-hybridized carbons (Fsp3) is 0.550. The number of rotatable bonds is 7. The van der Waals surface area contributed by atoms with Crippen LogP contribution in [0.2, 0.25) is 0 Å². The Morgan fingerprint density at radius 3 is 2.64 bits per heavy atom. The molecule has 28 heavy (non-hydrogen) atoms. The summed E-state index contributed by atoms with van der Waals surface area (Å²) in [6, 6.07) is 5.55. The van der Waals surface area contributed by atoms with E-state index in [0.717, 1.165) is 32.1 Å². The molecule has 1 aliphatic heterocycles. The number of nitrogens with zero attached hydrogens (tertiary/aromatic N) is 1. The van der Waals surface area contributed by atoms with E-state index in [9.17, 15) is 13.2 Å². The van der Waals surface area contributed by atoms with Crippen molar-refractivity contribution < 1.29 is 17.9 Å². The second kappa shape index (κ2) is 12.3. The lowest BCUT2D eigenvalue weighted by atomic mass is 9.96. The van der Waals surface area contributed by atoms with Crippen LogP contribution >= 0.6 is 24.0 Å². The number of nitrogens with one attached hydrogen (secondary N) is 2. The molecule has 1 heterocycles. The first kappa shape index (κ1) is 24.7. The maximum Gasteiger partial charge on any atom is 0.416 e. The van der Waals surface area contributed by atoms with Crippen LogP contribution in [0.15, 0.2) is 40.9 Å². The van der Waals surface area contributed by atoms with Gasteiger partial charge in [-0.1, -0.05) is 36.8 Å². The van der Waals surface area contributed by atoms with Gasteiger partial charge in [0.15, 0.2) is 5.96 Å². The molecule has 0 aliphatic carbocycles. The van der Waals surface area contributed by atoms with Crippen molar-refractivity contribution in [2.45, 2.75) is 38.3 Å². The van der Waals surface area contributed by atoms with Gasteiger partial charge in [-0.15, -0.1) is 24.0 Å². The Bertz CT molecular complexity index is 662. The molecule has 0 spiro atoms. The predicted molar refractivity (Wildman–Crippen MR) is 117 cm³/mol. The summed E-state index contributed by atoms with van der Waals surface area (Å²) in [4.78, 5) is 4.19. The van der Waals surface area contributed by atoms with Gasteiger partial charge in [0, 0.05) is 20.1 Å². The van der Waals surface area contributed by atoms with E-state index in [-0.39, 0.29) is 29.9 Å². The van der Waals surface area contributed by atoms with Gasteiger partial charge in [0.25, 0.3) is 0 Å². The average molecular weight is 511 g/mol. The zero-order valence-electron chi connectivity index (χ0n) is 16.3. The fourth-order valence-electron chi connectivity index (χ4n) is 2.95. The van der Waals surface area contributed by atoms with Gasteiger partial charge in [-0.05, 0) is 36.8 Å². The second-order valence-electron chi connectivity index (χ2n) is 6.68. The van der Waals surface area contributed by atoms with Crippen molar-refractivity contribution in [2.75, 3.05) is 33.4 Å². The number of halogens is 4. The summed E-state index contributed by atoms with van der Waals surface area (Å²) in [6.45, 7) is 4.83. The molecule has 4 nitrogen and oxygen atoms in total. The summed E-state index contributed by atoms with van der Waals surface area (Å²) in [5, 5.41) is 6.49. The third kappa shape index (κ3) is 8.38. The van der Waals surface area contributed by atoms with E-state index in [1.807, 2.05) is 6.92 Å². The molecule has 0 bridgehead atoms. The topological polar surface area (TPSA) is 45.7 Å². The lowest BCUT2D eigenvalue weighted by Gasteiger charge is -2.17. The molecule has 1 aromatic carbocycles. The molecule has 0 saturated carbocycles. The van der Waals surface area contributed by atoms with Crippen LogP contribution in [0.1, 0.15) is 43.2 Å². The summed E-state index contributed by atoms with van der Waals surface area (Å²) in [6.07, 6.45) is 0.454. The highest BCUT2D eigenvalue weighted by atomic mass is 127. The average Bonchev–Trinajstić information content (AvgIpc) is 2.67. The molecule has 0 fully saturated rings. The summed E-state index contributed by atoms with van der Waals surface area (Å²) in [5.74, 6) is 0.726. The van der Waals surface area contributed by atoms with Crippen LogP contribution in [0, 0.1) is 0 Å². The van der Waals surface area contributed by atoms with Crippen LogP contribution < -0.4 is 10.6 Å². The highest BCUT2D eigenvalue weighted by Crippen LogP contribution is 2.31. The summed E-state index contributed by atoms with van der Waals surface area (Å²) in [7, 11) is 1.71. The number of alkyl halides is 3. The van der Waals surface area contributed by atoms with Crippen LogP contribution in [0.4, 0.5) is 13.2 Å². The number of hydrogen-bond donors (Lipinski definition) is 2. The standard InChI is InChI=1S/C20H28F3N3O.HI/c1-15(17-4-3-5-18(14-17)20(21,22)23)6-10-25-19(24-2)26-11-7-16-8-12-27-13-9-16;/h3-5,8,14-15H,6-7,9-13H2,1-2H3,(H2,24,25,26);1H. The van der Waals surface area contributed by atoms with Crippen molar-refractivity contribution in [3.63, 3.8) is 0 Å². The molecule has 1 unspecified atom stereocenters. The molecule has 2 N–H and O–H groups in total. The predicted octanol–water partition coefficient (Wildman–Crippen LogP) is 4.72. The normalized spacial score (nSPS) is 16.0. The number of aliphatic imine (C=N–C) groups is 1. The molecule has 1 aliphatic rings. The van der Waals surface area contributed by atoms with E-state index in [1.54, 1.807) is 13.1 Å². The van der Waals surface area contributed by atoms with Crippen molar-refractivity contribution in [3.05, 3.63) is 47.0 Å². The van der Waals surface area contributed by atoms with Crippen molar-refractivity contribution in [3.8, 4) is 0 Å². The Morgan fingerprint density at radius 1 is 1.25 bits per heavy atom. The first-order valence-electron chi connectivity index (χ1n) is 9.27. The van der Waals surface area contributed by atoms with Gasteiger partial charge < -0.3 is 15.4 Å². The van der Waals surface area contributed by atoms with Gasteiger partial charge in [-0.25, -0.2) is 0 Å². The molecular weight excluding hydrogens is 482 g/mol. The van der Waals surface area contributed by atoms with E-state index >= 15 is 0 Å². The lowest BCUT2D eigenvalue weighted by molar-refractivity contribution is -0.137. The molecule has 0 aromatic heterocycles. The van der Waals surface area contributed by atoms with E-state index in [2.05, 4.69) is 21.7 Å². The van der Waals surface area contributed by atoms with Gasteiger partial charge >= 0.3 is 6.18 Å². The number of hydrogen-bond acceptors (Lipinski definition) is 2. The molecule has 2 rings (SSSR count). The Labute approximate surface area is 182 Å². The largest absolute Gasteiger partial charge is 0.416 e. The molecule has 1 atom stereocenters. The van der Waals surface area contributed by atoms with Crippen LogP contribution in [-0.4, -0.2) is 39.3 Å². The van der Waals surface area contributed by atoms with Gasteiger partial charge in [-0.3, -0.25) is 4.99 Å². The van der Waals surface area contributed by atoms with Crippen molar-refractivity contribution in [2.24, 2.45) is 4.99 Å². The number of ether oxygens (including phenoxy) is 1. The maximum atomic E-state index is 12.8. The number of benzene rings is 1. The van der Waals surface area contributed by atoms with Gasteiger partial charge in [0.1, 0.15) is 0 Å². The third-order valence-corrected chi connectivity index (χ3v) is 4.67. The van der Waals surface area contributed by atoms with Gasteiger partial charge in [0.05, 0.1) is 18.8 Å². The molecule has 0 amide bonds. The quantitative estimate of drug-likeness (QED) is 0.241. The van der Waals surface area contributed by atoms with E-state index in [0.29, 0.717) is 31.1 Å². The minimum atomic E-state index is -4.31. The molecule has 8 heteroatoms. The Kier molecular flexibility index (Phi) is 10.9. The Hall–Kier alpha value is -1.29. The van der Waals surface area contributed by atoms with Crippen LogP contribution in [0.25, 0.3) is 0 Å². The molecule has 0 saturated heterocycles. The maximum absolute atomic E-state index is 12.8.